The van der Waals surface area contributed by atoms with Crippen LogP contribution in [-0.4, -0.2) is 33.8 Å². The van der Waals surface area contributed by atoms with E-state index in [1.54, 1.807) is 24.3 Å². The third-order valence-electron chi connectivity index (χ3n) is 3.46. The molecule has 0 unspecified atom stereocenters. The van der Waals surface area contributed by atoms with Gasteiger partial charge in [-0.25, -0.2) is 13.1 Å². The molecule has 0 fully saturated rings. The first-order chi connectivity index (χ1) is 12.4. The second kappa shape index (κ2) is 8.41. The van der Waals surface area contributed by atoms with Crippen LogP contribution in [-0.2, 0) is 10.0 Å². The predicted molar refractivity (Wildman–Crippen MR) is 99.6 cm³/mol. The number of hydrogen-bond donors (Lipinski definition) is 3. The summed E-state index contributed by atoms with van der Waals surface area (Å²) in [4.78, 5) is 23.9. The average molecular weight is 373 g/mol. The summed E-state index contributed by atoms with van der Waals surface area (Å²) in [7, 11) is -2.18. The van der Waals surface area contributed by atoms with Crippen molar-refractivity contribution in [2.75, 3.05) is 18.9 Å². The first-order valence-corrected chi connectivity index (χ1v) is 9.20. The van der Waals surface area contributed by atoms with Gasteiger partial charge in [0.05, 0.1) is 4.90 Å². The quantitative estimate of drug-likeness (QED) is 0.643. The monoisotopic (exact) mass is 373 g/mol. The van der Waals surface area contributed by atoms with Crippen LogP contribution in [0, 0.1) is 0 Å². The van der Waals surface area contributed by atoms with Crippen molar-refractivity contribution >= 4 is 27.5 Å². The number of carbonyl (C=O) groups excluding carboxylic acids is 2. The van der Waals surface area contributed by atoms with Gasteiger partial charge < -0.3 is 10.6 Å². The van der Waals surface area contributed by atoms with Crippen molar-refractivity contribution in [2.45, 2.75) is 4.90 Å². The largest absolute Gasteiger partial charge is 0.355 e. The highest BCUT2D eigenvalue weighted by Crippen LogP contribution is 2.15. The zero-order valence-electron chi connectivity index (χ0n) is 14.2. The lowest BCUT2D eigenvalue weighted by atomic mass is 10.1. The Hall–Kier alpha value is -2.97. The Morgan fingerprint density at radius 3 is 2.35 bits per heavy atom. The number of benzene rings is 2. The van der Waals surface area contributed by atoms with Gasteiger partial charge in [0, 0.05) is 30.4 Å². The Morgan fingerprint density at radius 1 is 1.04 bits per heavy atom. The topological polar surface area (TPSA) is 104 Å². The van der Waals surface area contributed by atoms with Gasteiger partial charge >= 0.3 is 0 Å². The molecule has 0 spiro atoms. The summed E-state index contributed by atoms with van der Waals surface area (Å²) in [6.45, 7) is 3.55. The SMILES string of the molecule is C=CCNS(=O)(=O)c1cccc(C(=O)Nc2ccc(C(=O)NC)cc2)c1. The maximum atomic E-state index is 12.4. The molecular formula is C18H19N3O4S. The highest BCUT2D eigenvalue weighted by molar-refractivity contribution is 7.89. The molecule has 0 atom stereocenters. The van der Waals surface area contributed by atoms with Crippen molar-refractivity contribution in [1.82, 2.24) is 10.0 Å². The molecule has 2 rings (SSSR count). The lowest BCUT2D eigenvalue weighted by Gasteiger charge is -2.09. The van der Waals surface area contributed by atoms with Crippen molar-refractivity contribution < 1.29 is 18.0 Å². The van der Waals surface area contributed by atoms with Gasteiger partial charge in [-0.05, 0) is 42.5 Å². The molecule has 2 amide bonds. The number of amides is 2. The van der Waals surface area contributed by atoms with E-state index in [0.717, 1.165) is 0 Å². The summed E-state index contributed by atoms with van der Waals surface area (Å²) >= 11 is 0. The molecule has 0 saturated heterocycles. The van der Waals surface area contributed by atoms with Crippen LogP contribution in [0.1, 0.15) is 20.7 Å². The summed E-state index contributed by atoms with van der Waals surface area (Å²) in [6, 6.07) is 12.0. The fourth-order valence-electron chi connectivity index (χ4n) is 2.11. The summed E-state index contributed by atoms with van der Waals surface area (Å²) in [6.07, 6.45) is 1.43. The molecule has 2 aromatic carbocycles. The minimum atomic E-state index is -3.72. The van der Waals surface area contributed by atoms with Gasteiger partial charge in [-0.15, -0.1) is 6.58 Å². The molecule has 0 aliphatic rings. The molecule has 7 nitrogen and oxygen atoms in total. The summed E-state index contributed by atoms with van der Waals surface area (Å²) in [5.74, 6) is -0.689. The Bertz CT molecular complexity index is 922. The molecule has 0 radical (unpaired) electrons. The van der Waals surface area contributed by atoms with E-state index >= 15 is 0 Å². The number of carbonyl (C=O) groups is 2. The van der Waals surface area contributed by atoms with Gasteiger partial charge in [-0.2, -0.15) is 0 Å². The van der Waals surface area contributed by atoms with Crippen molar-refractivity contribution in [1.29, 1.82) is 0 Å². The van der Waals surface area contributed by atoms with Crippen molar-refractivity contribution in [3.8, 4) is 0 Å². The zero-order chi connectivity index (χ0) is 19.2. The van der Waals surface area contributed by atoms with Crippen molar-refractivity contribution in [2.24, 2.45) is 0 Å². The highest BCUT2D eigenvalue weighted by atomic mass is 32.2. The molecule has 0 heterocycles. The van der Waals surface area contributed by atoms with E-state index in [1.165, 1.54) is 37.4 Å². The normalized spacial score (nSPS) is 10.8. The van der Waals surface area contributed by atoms with Crippen LogP contribution < -0.4 is 15.4 Å². The fourth-order valence-corrected chi connectivity index (χ4v) is 3.15. The van der Waals surface area contributed by atoms with Gasteiger partial charge in [-0.3, -0.25) is 9.59 Å². The molecular weight excluding hydrogens is 354 g/mol. The highest BCUT2D eigenvalue weighted by Gasteiger charge is 2.15. The summed E-state index contributed by atoms with van der Waals surface area (Å²) in [5.41, 5.74) is 1.15. The van der Waals surface area contributed by atoms with Crippen LogP contribution in [0.5, 0.6) is 0 Å². The van der Waals surface area contributed by atoms with E-state index in [1.807, 2.05) is 0 Å². The second-order valence-electron chi connectivity index (χ2n) is 5.28. The van der Waals surface area contributed by atoms with Crippen LogP contribution in [0.15, 0.2) is 66.1 Å². The fraction of sp³-hybridized carbons (Fsp3) is 0.111. The molecule has 0 bridgehead atoms. The molecule has 136 valence electrons. The summed E-state index contributed by atoms with van der Waals surface area (Å²) in [5, 5.41) is 5.17. The van der Waals surface area contributed by atoms with Crippen LogP contribution in [0.4, 0.5) is 5.69 Å². The van der Waals surface area contributed by atoms with Crippen molar-refractivity contribution in [3.63, 3.8) is 0 Å². The van der Waals surface area contributed by atoms with E-state index in [-0.39, 0.29) is 22.9 Å². The number of hydrogen-bond acceptors (Lipinski definition) is 4. The van der Waals surface area contributed by atoms with Gasteiger partial charge in [0.2, 0.25) is 10.0 Å². The van der Waals surface area contributed by atoms with E-state index in [0.29, 0.717) is 11.3 Å². The maximum Gasteiger partial charge on any atom is 0.255 e. The van der Waals surface area contributed by atoms with Gasteiger partial charge in [0.15, 0.2) is 0 Å². The van der Waals surface area contributed by atoms with Gasteiger partial charge in [0.25, 0.3) is 11.8 Å². The van der Waals surface area contributed by atoms with Crippen LogP contribution in [0.3, 0.4) is 0 Å². The standard InChI is InChI=1S/C18H19N3O4S/c1-3-11-20-26(24,25)16-6-4-5-14(12-16)18(23)21-15-9-7-13(8-10-15)17(22)19-2/h3-10,12,20H,1,11H2,2H3,(H,19,22)(H,21,23). The second-order valence-corrected chi connectivity index (χ2v) is 7.05. The first-order valence-electron chi connectivity index (χ1n) is 7.71. The lowest BCUT2D eigenvalue weighted by molar-refractivity contribution is 0.0962. The first kappa shape index (κ1) is 19.4. The van der Waals surface area contributed by atoms with Crippen molar-refractivity contribution in [3.05, 3.63) is 72.3 Å². The Balaban J connectivity index is 2.16. The number of sulfonamides is 1. The minimum Gasteiger partial charge on any atom is -0.355 e. The Labute approximate surface area is 152 Å². The van der Waals surface area contributed by atoms with Crippen LogP contribution in [0.2, 0.25) is 0 Å². The number of rotatable bonds is 7. The smallest absolute Gasteiger partial charge is 0.255 e. The Kier molecular flexibility index (Phi) is 6.26. The minimum absolute atomic E-state index is 0.0121. The molecule has 0 aromatic heterocycles. The molecule has 3 N–H and O–H groups in total. The predicted octanol–water partition coefficient (Wildman–Crippen LogP) is 1.76. The summed E-state index contributed by atoms with van der Waals surface area (Å²) < 4.78 is 26.6. The Morgan fingerprint density at radius 2 is 1.73 bits per heavy atom. The third kappa shape index (κ3) is 4.78. The molecule has 0 aliphatic heterocycles. The van der Waals surface area contributed by atoms with E-state index in [4.69, 9.17) is 0 Å². The number of nitrogens with one attached hydrogen (secondary N) is 3. The van der Waals surface area contributed by atoms with E-state index in [2.05, 4.69) is 21.9 Å². The zero-order valence-corrected chi connectivity index (χ0v) is 15.0. The molecule has 8 heteroatoms. The molecule has 0 aliphatic carbocycles. The van der Waals surface area contributed by atoms with Crippen LogP contribution in [0.25, 0.3) is 0 Å². The lowest BCUT2D eigenvalue weighted by Crippen LogP contribution is -2.24. The maximum absolute atomic E-state index is 12.4. The molecule has 0 saturated carbocycles. The number of anilines is 1. The van der Waals surface area contributed by atoms with E-state index < -0.39 is 15.9 Å². The average Bonchev–Trinajstić information content (AvgIpc) is 2.66. The van der Waals surface area contributed by atoms with Gasteiger partial charge in [-0.1, -0.05) is 12.1 Å². The van der Waals surface area contributed by atoms with Gasteiger partial charge in [0.1, 0.15) is 0 Å². The van der Waals surface area contributed by atoms with E-state index in [9.17, 15) is 18.0 Å². The molecule has 2 aromatic rings. The third-order valence-corrected chi connectivity index (χ3v) is 4.88. The van der Waals surface area contributed by atoms with Crippen LogP contribution >= 0.6 is 0 Å². The molecule has 26 heavy (non-hydrogen) atoms.